The Bertz CT molecular complexity index is 560. The molecule has 1 heterocycles. The molecule has 0 amide bonds. The van der Waals surface area contributed by atoms with Gasteiger partial charge in [-0.25, -0.2) is 9.97 Å². The van der Waals surface area contributed by atoms with Gasteiger partial charge >= 0.3 is 0 Å². The third-order valence-electron chi connectivity index (χ3n) is 2.55. The lowest BCUT2D eigenvalue weighted by atomic mass is 10.1. The molecule has 1 N–H and O–H groups in total. The number of nitrogens with zero attached hydrogens (tertiary/aromatic N) is 2. The highest BCUT2D eigenvalue weighted by Gasteiger charge is 2.11. The molecular formula is C13H12Cl2N2O. The third kappa shape index (κ3) is 3.19. The van der Waals surface area contributed by atoms with Crippen LogP contribution in [0, 0.1) is 6.92 Å². The first kappa shape index (κ1) is 13.3. The van der Waals surface area contributed by atoms with Crippen LogP contribution in [-0.4, -0.2) is 15.1 Å². The zero-order chi connectivity index (χ0) is 13.1. The minimum atomic E-state index is -0.677. The van der Waals surface area contributed by atoms with E-state index < -0.39 is 6.10 Å². The van der Waals surface area contributed by atoms with Crippen molar-refractivity contribution in [3.05, 3.63) is 57.6 Å². The van der Waals surface area contributed by atoms with Gasteiger partial charge in [-0.3, -0.25) is 0 Å². The van der Waals surface area contributed by atoms with Gasteiger partial charge in [0.05, 0.1) is 15.7 Å². The van der Waals surface area contributed by atoms with Gasteiger partial charge in [0.1, 0.15) is 11.9 Å². The van der Waals surface area contributed by atoms with E-state index >= 15 is 0 Å². The first-order valence-corrected chi connectivity index (χ1v) is 6.23. The smallest absolute Gasteiger partial charge is 0.125 e. The van der Waals surface area contributed by atoms with Crippen LogP contribution in [0.5, 0.6) is 0 Å². The van der Waals surface area contributed by atoms with Crippen LogP contribution in [0.1, 0.15) is 23.2 Å². The molecule has 1 aromatic carbocycles. The Hall–Kier alpha value is -1.16. The highest BCUT2D eigenvalue weighted by molar-refractivity contribution is 6.42. The standard InChI is InChI=1S/C13H12Cl2N2O/c1-8-16-5-4-12(17-8)13(18)7-9-2-3-10(14)11(15)6-9/h2-6,13,18H,7H2,1H3. The molecule has 0 saturated heterocycles. The molecule has 0 saturated carbocycles. The van der Waals surface area contributed by atoms with Gasteiger partial charge in [-0.05, 0) is 30.7 Å². The summed E-state index contributed by atoms with van der Waals surface area (Å²) in [5.41, 5.74) is 1.52. The topological polar surface area (TPSA) is 46.0 Å². The van der Waals surface area contributed by atoms with Crippen LogP contribution in [0.25, 0.3) is 0 Å². The predicted octanol–water partition coefficient (Wildman–Crippen LogP) is 3.37. The van der Waals surface area contributed by atoms with E-state index in [-0.39, 0.29) is 0 Å². The van der Waals surface area contributed by atoms with Crippen molar-refractivity contribution in [3.63, 3.8) is 0 Å². The number of aryl methyl sites for hydroxylation is 1. The summed E-state index contributed by atoms with van der Waals surface area (Å²) >= 11 is 11.8. The Morgan fingerprint density at radius 2 is 2.00 bits per heavy atom. The molecule has 5 heteroatoms. The van der Waals surface area contributed by atoms with Gasteiger partial charge in [0.15, 0.2) is 0 Å². The van der Waals surface area contributed by atoms with E-state index in [2.05, 4.69) is 9.97 Å². The third-order valence-corrected chi connectivity index (χ3v) is 3.29. The molecule has 1 aromatic heterocycles. The summed E-state index contributed by atoms with van der Waals surface area (Å²) in [5.74, 6) is 0.640. The summed E-state index contributed by atoms with van der Waals surface area (Å²) in [5, 5.41) is 11.1. The lowest BCUT2D eigenvalue weighted by Crippen LogP contribution is -2.05. The molecule has 2 aromatic rings. The first-order valence-electron chi connectivity index (χ1n) is 5.48. The fourth-order valence-electron chi connectivity index (χ4n) is 1.65. The maximum Gasteiger partial charge on any atom is 0.125 e. The molecular weight excluding hydrogens is 271 g/mol. The summed E-state index contributed by atoms with van der Waals surface area (Å²) < 4.78 is 0. The molecule has 0 aliphatic heterocycles. The second-order valence-corrected chi connectivity index (χ2v) is 4.81. The summed E-state index contributed by atoms with van der Waals surface area (Å²) in [6.45, 7) is 1.79. The van der Waals surface area contributed by atoms with Crippen LogP contribution < -0.4 is 0 Å². The van der Waals surface area contributed by atoms with Crippen LogP contribution in [0.3, 0.4) is 0 Å². The number of aliphatic hydroxyl groups excluding tert-OH is 1. The van der Waals surface area contributed by atoms with Gasteiger partial charge in [-0.1, -0.05) is 29.3 Å². The van der Waals surface area contributed by atoms with Crippen molar-refractivity contribution < 1.29 is 5.11 Å². The van der Waals surface area contributed by atoms with Crippen molar-refractivity contribution in [2.75, 3.05) is 0 Å². The average Bonchev–Trinajstić information content (AvgIpc) is 2.34. The number of hydrogen-bond acceptors (Lipinski definition) is 3. The van der Waals surface area contributed by atoms with Crippen molar-refractivity contribution >= 4 is 23.2 Å². The maximum atomic E-state index is 10.1. The van der Waals surface area contributed by atoms with E-state index in [1.165, 1.54) is 0 Å². The van der Waals surface area contributed by atoms with Crippen molar-refractivity contribution in [1.29, 1.82) is 0 Å². The minimum Gasteiger partial charge on any atom is -0.386 e. The lowest BCUT2D eigenvalue weighted by Gasteiger charge is -2.11. The molecule has 18 heavy (non-hydrogen) atoms. The van der Waals surface area contributed by atoms with Crippen molar-refractivity contribution in [2.24, 2.45) is 0 Å². The molecule has 0 fully saturated rings. The monoisotopic (exact) mass is 282 g/mol. The Kier molecular flexibility index (Phi) is 4.17. The molecule has 0 spiro atoms. The summed E-state index contributed by atoms with van der Waals surface area (Å²) in [7, 11) is 0. The van der Waals surface area contributed by atoms with E-state index in [0.29, 0.717) is 28.0 Å². The fraction of sp³-hybridized carbons (Fsp3) is 0.231. The molecule has 94 valence electrons. The van der Waals surface area contributed by atoms with Crippen LogP contribution in [0.15, 0.2) is 30.5 Å². The Morgan fingerprint density at radius 1 is 1.22 bits per heavy atom. The molecule has 3 nitrogen and oxygen atoms in total. The van der Waals surface area contributed by atoms with E-state index in [1.54, 1.807) is 31.3 Å². The van der Waals surface area contributed by atoms with Gasteiger partial charge in [0, 0.05) is 12.6 Å². The van der Waals surface area contributed by atoms with Crippen LogP contribution >= 0.6 is 23.2 Å². The SMILES string of the molecule is Cc1nccc(C(O)Cc2ccc(Cl)c(Cl)c2)n1. The molecule has 0 bridgehead atoms. The Balaban J connectivity index is 2.16. The van der Waals surface area contributed by atoms with Crippen LogP contribution in [-0.2, 0) is 6.42 Å². The van der Waals surface area contributed by atoms with E-state index in [1.807, 2.05) is 6.07 Å². The van der Waals surface area contributed by atoms with E-state index in [0.717, 1.165) is 5.56 Å². The highest BCUT2D eigenvalue weighted by Crippen LogP contribution is 2.25. The van der Waals surface area contributed by atoms with Crippen molar-refractivity contribution in [1.82, 2.24) is 9.97 Å². The predicted molar refractivity (Wildman–Crippen MR) is 71.9 cm³/mol. The second-order valence-electron chi connectivity index (χ2n) is 4.00. The van der Waals surface area contributed by atoms with Gasteiger partial charge in [-0.2, -0.15) is 0 Å². The lowest BCUT2D eigenvalue weighted by molar-refractivity contribution is 0.173. The van der Waals surface area contributed by atoms with Gasteiger partial charge in [0.2, 0.25) is 0 Å². The van der Waals surface area contributed by atoms with Gasteiger partial charge in [0.25, 0.3) is 0 Å². The summed E-state index contributed by atoms with van der Waals surface area (Å²) in [6.07, 6.45) is 1.40. The Morgan fingerprint density at radius 3 is 2.67 bits per heavy atom. The number of halogens is 2. The molecule has 2 rings (SSSR count). The number of benzene rings is 1. The molecule has 0 aliphatic carbocycles. The van der Waals surface area contributed by atoms with Crippen LogP contribution in [0.4, 0.5) is 0 Å². The first-order chi connectivity index (χ1) is 8.56. The molecule has 1 atom stereocenters. The minimum absolute atomic E-state index is 0.438. The Labute approximate surface area is 115 Å². The number of hydrogen-bond donors (Lipinski definition) is 1. The largest absolute Gasteiger partial charge is 0.386 e. The van der Waals surface area contributed by atoms with Crippen LogP contribution in [0.2, 0.25) is 10.0 Å². The second kappa shape index (κ2) is 5.65. The maximum absolute atomic E-state index is 10.1. The normalized spacial score (nSPS) is 12.4. The quantitative estimate of drug-likeness (QED) is 0.939. The fourth-order valence-corrected chi connectivity index (χ4v) is 1.98. The number of rotatable bonds is 3. The van der Waals surface area contributed by atoms with Crippen molar-refractivity contribution in [2.45, 2.75) is 19.4 Å². The number of aliphatic hydroxyl groups is 1. The molecule has 0 aliphatic rings. The van der Waals surface area contributed by atoms with Crippen molar-refractivity contribution in [3.8, 4) is 0 Å². The molecule has 1 unspecified atom stereocenters. The molecule has 0 radical (unpaired) electrons. The summed E-state index contributed by atoms with van der Waals surface area (Å²) in [6, 6.07) is 7.01. The average molecular weight is 283 g/mol. The summed E-state index contributed by atoms with van der Waals surface area (Å²) in [4.78, 5) is 8.18. The van der Waals surface area contributed by atoms with Gasteiger partial charge in [-0.15, -0.1) is 0 Å². The van der Waals surface area contributed by atoms with Gasteiger partial charge < -0.3 is 5.11 Å². The zero-order valence-electron chi connectivity index (χ0n) is 9.77. The van der Waals surface area contributed by atoms with E-state index in [4.69, 9.17) is 23.2 Å². The highest BCUT2D eigenvalue weighted by atomic mass is 35.5. The number of aromatic nitrogens is 2. The zero-order valence-corrected chi connectivity index (χ0v) is 11.3. The van der Waals surface area contributed by atoms with E-state index in [9.17, 15) is 5.11 Å².